The van der Waals surface area contributed by atoms with Crippen LogP contribution in [0.2, 0.25) is 0 Å². The van der Waals surface area contributed by atoms with E-state index in [1.54, 1.807) is 0 Å². The van der Waals surface area contributed by atoms with E-state index in [-0.39, 0.29) is 19.3 Å². The smallest absolute Gasteiger partial charge is 0.463 e. The van der Waals surface area contributed by atoms with Crippen LogP contribution in [0.5, 0.6) is 0 Å². The molecular weight excluding hydrogens is 1480 g/mol. The molecule has 0 rings (SSSR count). The molecule has 654 valence electrons. The van der Waals surface area contributed by atoms with Crippen molar-refractivity contribution in [1.82, 2.24) is 0 Å². The summed E-state index contributed by atoms with van der Waals surface area (Å²) in [4.78, 5) is 58.9. The number of phosphoric acid groups is 2. The highest BCUT2D eigenvalue weighted by Gasteiger charge is 2.29. The van der Waals surface area contributed by atoms with Crippen molar-refractivity contribution in [3.05, 3.63) is 194 Å². The van der Waals surface area contributed by atoms with Gasteiger partial charge in [0.2, 0.25) is 0 Å². The molecule has 0 aliphatic carbocycles. The zero-order valence-corrected chi connectivity index (χ0v) is 73.7. The highest BCUT2D eigenvalue weighted by atomic mass is 31.2. The van der Waals surface area contributed by atoms with Gasteiger partial charge in [0.1, 0.15) is 25.4 Å². The largest absolute Gasteiger partial charge is 0.472 e. The van der Waals surface area contributed by atoms with Crippen molar-refractivity contribution >= 4 is 33.6 Å². The third-order valence-corrected chi connectivity index (χ3v) is 20.2. The standard InChI is InChI=1S/C97H160O16P2/c1-4-7-10-13-16-19-22-25-28-31-34-37-39-41-43-44-45-46-48-50-51-54-56-59-62-65-68-71-74-77-80-83-95(100)107-86-92(98)87-109-114(103,104)110-88-93(99)89-111-115(105,106)112-91-94(113-97(102)85-82-79-76-73-70-67-64-61-58-53-36-33-30-27-24-21-18-15-12-9-6-3)90-108-96(101)84-81-78-75-72-69-66-63-60-57-55-52-49-47-42-40-38-35-32-29-26-23-20-17-14-11-8-5-2/h7,9-10,12,16-21,25-30,34-38,41-43,45-47,53,61,64,70,73,92-94,98-99H,4-6,8,11,13-15,22-24,31-33,39-40,44,48-52,54-60,62-63,65-69,71-72,74-91H2,1-3H3,(H,103,104)(H,105,106)/b10-7-,12-9-,19-16-,20-17-,21-18-,28-25-,29-26-,30-27-,37-34-,38-35-,43-41-,46-45-,47-42-,53-36-,64-61-,73-70-. The summed E-state index contributed by atoms with van der Waals surface area (Å²) in [6, 6.07) is 0. The first kappa shape index (κ1) is 109. The maximum absolute atomic E-state index is 13.0. The molecule has 4 N–H and O–H groups in total. The van der Waals surface area contributed by atoms with Gasteiger partial charge in [-0.1, -0.05) is 350 Å². The number of rotatable bonds is 83. The van der Waals surface area contributed by atoms with E-state index < -0.39 is 91.5 Å². The molecular formula is C97H160O16P2. The summed E-state index contributed by atoms with van der Waals surface area (Å²) in [6.07, 6.45) is 116. The average molecular weight is 1640 g/mol. The molecule has 16 nitrogen and oxygen atoms in total. The molecule has 0 aliphatic heterocycles. The van der Waals surface area contributed by atoms with Crippen molar-refractivity contribution in [2.24, 2.45) is 0 Å². The Kier molecular flexibility index (Phi) is 83.4. The first-order chi connectivity index (χ1) is 56.2. The summed E-state index contributed by atoms with van der Waals surface area (Å²) in [5.74, 6) is -1.64. The SMILES string of the molecule is CC/C=C\C/C=C\C/C=C\C/C=C\C/C=C\C/C=C\CCCCCCCCCCCCCCC(=O)OCC(O)COP(=O)(O)OCC(O)COP(=O)(O)OCC(COC(=O)CCCCCCCCCCCCC/C=C\C/C=C\C/C=C\C/C=C\CCCCC)OC(=O)CCCC/C=C\C/C=C\C/C=C\C/C=C\C/C=C\C/C=C\CC. The van der Waals surface area contributed by atoms with Gasteiger partial charge in [-0.05, 0) is 167 Å². The third kappa shape index (κ3) is 89.0. The second kappa shape index (κ2) is 87.7. The van der Waals surface area contributed by atoms with Gasteiger partial charge in [-0.15, -0.1) is 0 Å². The van der Waals surface area contributed by atoms with Crippen molar-refractivity contribution < 1.29 is 75.8 Å². The van der Waals surface area contributed by atoms with Crippen LogP contribution in [0.1, 0.15) is 342 Å². The van der Waals surface area contributed by atoms with E-state index in [0.29, 0.717) is 25.7 Å². The predicted octanol–water partition coefficient (Wildman–Crippen LogP) is 27.4. The number of carbonyl (C=O) groups excluding carboxylic acids is 3. The van der Waals surface area contributed by atoms with Gasteiger partial charge in [0.25, 0.3) is 0 Å². The van der Waals surface area contributed by atoms with Gasteiger partial charge in [0.05, 0.1) is 26.4 Å². The van der Waals surface area contributed by atoms with Crippen molar-refractivity contribution in [3.63, 3.8) is 0 Å². The van der Waals surface area contributed by atoms with Crippen molar-refractivity contribution in [2.75, 3.05) is 39.6 Å². The number of aliphatic hydroxyl groups excluding tert-OH is 2. The number of hydrogen-bond donors (Lipinski definition) is 4. The summed E-state index contributed by atoms with van der Waals surface area (Å²) < 4.78 is 61.4. The number of esters is 3. The maximum atomic E-state index is 13.0. The Hall–Kier alpha value is -5.61. The minimum absolute atomic E-state index is 0.0426. The Balaban J connectivity index is 4.65. The minimum atomic E-state index is -4.96. The first-order valence-electron chi connectivity index (χ1n) is 44.7. The summed E-state index contributed by atoms with van der Waals surface area (Å²) in [5, 5.41) is 20.7. The van der Waals surface area contributed by atoms with E-state index in [2.05, 4.69) is 215 Å². The van der Waals surface area contributed by atoms with Gasteiger partial charge in [-0.2, -0.15) is 0 Å². The van der Waals surface area contributed by atoms with Crippen LogP contribution >= 0.6 is 15.6 Å². The third-order valence-electron chi connectivity index (χ3n) is 18.3. The van der Waals surface area contributed by atoms with E-state index >= 15 is 0 Å². The Morgan fingerprint density at radius 3 is 0.748 bits per heavy atom. The lowest BCUT2D eigenvalue weighted by molar-refractivity contribution is -0.161. The van der Waals surface area contributed by atoms with Crippen LogP contribution in [0, 0.1) is 0 Å². The molecule has 5 atom stereocenters. The molecule has 18 heteroatoms. The Labute approximate surface area is 699 Å². The Bertz CT molecular complexity index is 2870. The van der Waals surface area contributed by atoms with E-state index in [0.717, 1.165) is 161 Å². The maximum Gasteiger partial charge on any atom is 0.472 e. The van der Waals surface area contributed by atoms with Crippen LogP contribution in [-0.4, -0.2) is 95.9 Å². The van der Waals surface area contributed by atoms with Crippen molar-refractivity contribution in [1.29, 1.82) is 0 Å². The monoisotopic (exact) mass is 1640 g/mol. The number of carbonyl (C=O) groups is 3. The fraction of sp³-hybridized carbons (Fsp3) is 0.639. The van der Waals surface area contributed by atoms with Crippen LogP contribution in [-0.2, 0) is 55.8 Å². The number of phosphoric ester groups is 2. The lowest BCUT2D eigenvalue weighted by Crippen LogP contribution is -2.30. The molecule has 0 fully saturated rings. The van der Waals surface area contributed by atoms with E-state index in [1.165, 1.54) is 116 Å². The van der Waals surface area contributed by atoms with Crippen molar-refractivity contribution in [3.8, 4) is 0 Å². The summed E-state index contributed by atoms with van der Waals surface area (Å²) in [7, 11) is -9.83. The van der Waals surface area contributed by atoms with Gasteiger partial charge in [-0.25, -0.2) is 9.13 Å². The molecule has 0 aromatic carbocycles. The van der Waals surface area contributed by atoms with E-state index in [9.17, 15) is 43.5 Å². The van der Waals surface area contributed by atoms with Crippen LogP contribution in [0.25, 0.3) is 0 Å². The summed E-state index contributed by atoms with van der Waals surface area (Å²) in [5.41, 5.74) is 0. The summed E-state index contributed by atoms with van der Waals surface area (Å²) >= 11 is 0. The molecule has 0 spiro atoms. The normalized spacial score (nSPS) is 14.7. The molecule has 5 unspecified atom stereocenters. The number of hydrogen-bond acceptors (Lipinski definition) is 14. The first-order valence-corrected chi connectivity index (χ1v) is 47.7. The Morgan fingerprint density at radius 1 is 0.252 bits per heavy atom. The van der Waals surface area contributed by atoms with Gasteiger partial charge >= 0.3 is 33.6 Å². The molecule has 115 heavy (non-hydrogen) atoms. The van der Waals surface area contributed by atoms with E-state index in [4.69, 9.17) is 32.3 Å². The lowest BCUT2D eigenvalue weighted by atomic mass is 10.0. The second-order valence-corrected chi connectivity index (χ2v) is 32.2. The fourth-order valence-electron chi connectivity index (χ4n) is 11.6. The molecule has 0 saturated heterocycles. The highest BCUT2D eigenvalue weighted by molar-refractivity contribution is 7.47. The van der Waals surface area contributed by atoms with Gasteiger partial charge in [0.15, 0.2) is 6.10 Å². The zero-order valence-electron chi connectivity index (χ0n) is 71.9. The highest BCUT2D eigenvalue weighted by Crippen LogP contribution is 2.45. The number of aliphatic hydroxyl groups is 2. The topological polar surface area (TPSA) is 231 Å². The molecule has 0 aromatic rings. The molecule has 0 heterocycles. The number of unbranched alkanes of at least 4 members (excludes halogenated alkanes) is 28. The van der Waals surface area contributed by atoms with Crippen molar-refractivity contribution in [2.45, 2.75) is 360 Å². The molecule has 0 aromatic heterocycles. The number of allylic oxidation sites excluding steroid dienone is 32. The Morgan fingerprint density at radius 2 is 0.461 bits per heavy atom. The lowest BCUT2D eigenvalue weighted by Gasteiger charge is -2.21. The average Bonchev–Trinajstić information content (AvgIpc) is 0.902. The van der Waals surface area contributed by atoms with E-state index in [1.807, 2.05) is 0 Å². The van der Waals surface area contributed by atoms with Gasteiger partial charge in [-0.3, -0.25) is 32.5 Å². The quantitative estimate of drug-likeness (QED) is 0.0146. The summed E-state index contributed by atoms with van der Waals surface area (Å²) in [6.45, 7) is 2.38. The van der Waals surface area contributed by atoms with Crippen LogP contribution < -0.4 is 0 Å². The molecule has 0 saturated carbocycles. The van der Waals surface area contributed by atoms with Crippen LogP contribution in [0.4, 0.5) is 0 Å². The minimum Gasteiger partial charge on any atom is -0.463 e. The predicted molar refractivity (Wildman–Crippen MR) is 481 cm³/mol. The fourth-order valence-corrected chi connectivity index (χ4v) is 13.1. The second-order valence-electron chi connectivity index (χ2n) is 29.3. The van der Waals surface area contributed by atoms with Crippen LogP contribution in [0.3, 0.4) is 0 Å². The van der Waals surface area contributed by atoms with Crippen LogP contribution in [0.15, 0.2) is 194 Å². The zero-order chi connectivity index (χ0) is 83.6. The molecule has 0 amide bonds. The van der Waals surface area contributed by atoms with Gasteiger partial charge < -0.3 is 34.2 Å². The molecule has 0 radical (unpaired) electrons. The van der Waals surface area contributed by atoms with Gasteiger partial charge in [0, 0.05) is 19.3 Å². The molecule has 0 aliphatic rings. The molecule has 0 bridgehead atoms. The number of ether oxygens (including phenoxy) is 3.